The molecule has 0 rings (SSSR count). The van der Waals surface area contributed by atoms with Crippen molar-refractivity contribution in [3.05, 3.63) is 12.2 Å². The normalized spacial score (nSPS) is 12.9. The summed E-state index contributed by atoms with van der Waals surface area (Å²) < 4.78 is 0. The summed E-state index contributed by atoms with van der Waals surface area (Å²) in [6, 6.07) is -0.530. The third-order valence-electron chi connectivity index (χ3n) is 11.5. The number of unbranched alkanes of at least 4 members (excludes halogenated alkanes) is 36. The predicted molar refractivity (Wildman–Crippen MR) is 235 cm³/mol. The Labute approximate surface area is 333 Å². The van der Waals surface area contributed by atoms with Crippen molar-refractivity contribution in [2.24, 2.45) is 0 Å². The van der Waals surface area contributed by atoms with Crippen molar-refractivity contribution in [3.8, 4) is 0 Å². The second-order valence-corrected chi connectivity index (χ2v) is 16.9. The summed E-state index contributed by atoms with van der Waals surface area (Å²) in [5, 5.41) is 23.1. The molecular weight excluding hydrogens is 651 g/mol. The maximum Gasteiger partial charge on any atom is 0.220 e. The van der Waals surface area contributed by atoms with Crippen molar-refractivity contribution in [3.63, 3.8) is 0 Å². The molecule has 0 aromatic rings. The largest absolute Gasteiger partial charge is 0.394 e. The Bertz CT molecular complexity index is 725. The van der Waals surface area contributed by atoms with Gasteiger partial charge in [0.2, 0.25) is 5.91 Å². The van der Waals surface area contributed by atoms with E-state index in [0.29, 0.717) is 12.8 Å². The van der Waals surface area contributed by atoms with Gasteiger partial charge in [-0.2, -0.15) is 0 Å². The zero-order chi connectivity index (χ0) is 38.6. The van der Waals surface area contributed by atoms with E-state index in [2.05, 4.69) is 31.3 Å². The molecule has 0 spiro atoms. The van der Waals surface area contributed by atoms with Crippen molar-refractivity contribution < 1.29 is 15.0 Å². The molecule has 0 aromatic carbocycles. The minimum Gasteiger partial charge on any atom is -0.394 e. The van der Waals surface area contributed by atoms with Crippen LogP contribution in [0.25, 0.3) is 0 Å². The molecule has 0 fully saturated rings. The predicted octanol–water partition coefficient (Wildman–Crippen LogP) is 15.4. The van der Waals surface area contributed by atoms with Crippen LogP contribution < -0.4 is 5.32 Å². The van der Waals surface area contributed by atoms with Gasteiger partial charge in [-0.25, -0.2) is 0 Å². The third kappa shape index (κ3) is 42.1. The Morgan fingerprint density at radius 2 is 0.717 bits per heavy atom. The van der Waals surface area contributed by atoms with Gasteiger partial charge in [0.1, 0.15) is 0 Å². The minimum absolute atomic E-state index is 0.0295. The van der Waals surface area contributed by atoms with Gasteiger partial charge < -0.3 is 15.5 Å². The molecule has 0 aliphatic carbocycles. The lowest BCUT2D eigenvalue weighted by molar-refractivity contribution is -0.123. The van der Waals surface area contributed by atoms with Crippen LogP contribution in [0.3, 0.4) is 0 Å². The molecule has 0 aromatic heterocycles. The number of amides is 1. The Balaban J connectivity index is 3.36. The molecule has 0 saturated carbocycles. The average Bonchev–Trinajstić information content (AvgIpc) is 3.16. The average molecular weight is 748 g/mol. The summed E-state index contributed by atoms with van der Waals surface area (Å²) in [5.41, 5.74) is 0. The highest BCUT2D eigenvalue weighted by molar-refractivity contribution is 5.76. The first kappa shape index (κ1) is 52.1. The third-order valence-corrected chi connectivity index (χ3v) is 11.5. The molecule has 3 N–H and O–H groups in total. The lowest BCUT2D eigenvalue weighted by Crippen LogP contribution is -2.45. The van der Waals surface area contributed by atoms with Gasteiger partial charge in [0, 0.05) is 6.42 Å². The molecule has 2 unspecified atom stereocenters. The number of nitrogens with one attached hydrogen (secondary N) is 1. The van der Waals surface area contributed by atoms with E-state index in [4.69, 9.17) is 0 Å². The van der Waals surface area contributed by atoms with Crippen molar-refractivity contribution in [2.45, 2.75) is 289 Å². The fourth-order valence-corrected chi connectivity index (χ4v) is 7.77. The number of carbonyl (C=O) groups excluding carboxylic acids is 1. The fourth-order valence-electron chi connectivity index (χ4n) is 7.77. The van der Waals surface area contributed by atoms with E-state index in [1.165, 1.54) is 225 Å². The molecule has 0 aliphatic rings. The fraction of sp³-hybridized carbons (Fsp3) is 0.939. The van der Waals surface area contributed by atoms with Gasteiger partial charge in [0.05, 0.1) is 18.8 Å². The molecule has 0 bridgehead atoms. The molecule has 4 nitrogen and oxygen atoms in total. The summed E-state index contributed by atoms with van der Waals surface area (Å²) in [6.45, 7) is 4.36. The molecule has 4 heteroatoms. The van der Waals surface area contributed by atoms with Gasteiger partial charge in [-0.3, -0.25) is 4.79 Å². The van der Waals surface area contributed by atoms with Gasteiger partial charge in [0.25, 0.3) is 0 Å². The van der Waals surface area contributed by atoms with Crippen LogP contribution >= 0.6 is 0 Å². The van der Waals surface area contributed by atoms with Gasteiger partial charge >= 0.3 is 0 Å². The van der Waals surface area contributed by atoms with E-state index in [1.54, 1.807) is 0 Å². The quantitative estimate of drug-likeness (QED) is 0.0429. The Kier molecular flexibility index (Phi) is 44.8. The molecule has 2 atom stereocenters. The monoisotopic (exact) mass is 748 g/mol. The highest BCUT2D eigenvalue weighted by Crippen LogP contribution is 2.17. The summed E-state index contributed by atoms with van der Waals surface area (Å²) in [4.78, 5) is 12.4. The highest BCUT2D eigenvalue weighted by atomic mass is 16.3. The molecule has 0 heterocycles. The van der Waals surface area contributed by atoms with Gasteiger partial charge in [0.15, 0.2) is 0 Å². The van der Waals surface area contributed by atoms with Crippen LogP contribution in [0.1, 0.15) is 277 Å². The standard InChI is InChI=1S/C49H97NO3/c1-3-5-7-9-11-13-14-15-16-17-18-19-20-21-22-23-24-25-26-27-28-29-30-31-32-33-34-35-37-39-41-43-45-49(53)50-47(46-51)48(52)44-42-40-38-36-12-10-8-6-4-2/h21-22,47-48,51-52H,3-20,23-46H2,1-2H3,(H,50,53)/b22-21-. The maximum atomic E-state index is 12.4. The lowest BCUT2D eigenvalue weighted by Gasteiger charge is -2.22. The van der Waals surface area contributed by atoms with E-state index < -0.39 is 12.1 Å². The van der Waals surface area contributed by atoms with Gasteiger partial charge in [-0.1, -0.05) is 244 Å². The van der Waals surface area contributed by atoms with Gasteiger partial charge in [-0.05, 0) is 38.5 Å². The second-order valence-electron chi connectivity index (χ2n) is 16.9. The first-order chi connectivity index (χ1) is 26.2. The zero-order valence-electron chi connectivity index (χ0n) is 36.3. The molecule has 0 radical (unpaired) electrons. The minimum atomic E-state index is -0.653. The topological polar surface area (TPSA) is 69.6 Å². The number of aliphatic hydroxyl groups excluding tert-OH is 2. The molecule has 0 aliphatic heterocycles. The number of allylic oxidation sites excluding steroid dienone is 2. The number of carbonyl (C=O) groups is 1. The van der Waals surface area contributed by atoms with Crippen LogP contribution in [0.2, 0.25) is 0 Å². The molecular formula is C49H97NO3. The van der Waals surface area contributed by atoms with Crippen LogP contribution in [-0.2, 0) is 4.79 Å². The van der Waals surface area contributed by atoms with Crippen molar-refractivity contribution >= 4 is 5.91 Å². The van der Waals surface area contributed by atoms with Crippen LogP contribution in [0, 0.1) is 0 Å². The second kappa shape index (κ2) is 45.5. The van der Waals surface area contributed by atoms with Crippen molar-refractivity contribution in [1.82, 2.24) is 5.32 Å². The molecule has 53 heavy (non-hydrogen) atoms. The summed E-state index contributed by atoms with van der Waals surface area (Å²) >= 11 is 0. The van der Waals surface area contributed by atoms with Crippen molar-refractivity contribution in [1.29, 1.82) is 0 Å². The van der Waals surface area contributed by atoms with Crippen LogP contribution in [-0.4, -0.2) is 34.9 Å². The van der Waals surface area contributed by atoms with E-state index in [1.807, 2.05) is 0 Å². The molecule has 0 saturated heterocycles. The first-order valence-corrected chi connectivity index (χ1v) is 24.4. The summed E-state index contributed by atoms with van der Waals surface area (Å²) in [6.07, 6.45) is 57.6. The molecule has 1 amide bonds. The number of hydrogen-bond donors (Lipinski definition) is 3. The summed E-state index contributed by atoms with van der Waals surface area (Å²) in [7, 11) is 0. The van der Waals surface area contributed by atoms with E-state index >= 15 is 0 Å². The Morgan fingerprint density at radius 3 is 1.04 bits per heavy atom. The number of rotatable bonds is 45. The summed E-state index contributed by atoms with van der Waals surface area (Å²) in [5.74, 6) is -0.0295. The van der Waals surface area contributed by atoms with E-state index in [0.717, 1.165) is 25.7 Å². The van der Waals surface area contributed by atoms with E-state index in [9.17, 15) is 15.0 Å². The zero-order valence-corrected chi connectivity index (χ0v) is 36.3. The van der Waals surface area contributed by atoms with Gasteiger partial charge in [-0.15, -0.1) is 0 Å². The Morgan fingerprint density at radius 1 is 0.434 bits per heavy atom. The highest BCUT2D eigenvalue weighted by Gasteiger charge is 2.20. The maximum absolute atomic E-state index is 12.4. The molecule has 316 valence electrons. The van der Waals surface area contributed by atoms with Crippen LogP contribution in [0.4, 0.5) is 0 Å². The van der Waals surface area contributed by atoms with Crippen molar-refractivity contribution in [2.75, 3.05) is 6.61 Å². The number of aliphatic hydroxyl groups is 2. The lowest BCUT2D eigenvalue weighted by atomic mass is 10.0. The smallest absolute Gasteiger partial charge is 0.220 e. The Hall–Kier alpha value is -0.870. The van der Waals surface area contributed by atoms with E-state index in [-0.39, 0.29) is 12.5 Å². The SMILES string of the molecule is CCCCCCCCCCCCCC/C=C\CCCCCCCCCCCCCCCCCCC(=O)NC(CO)C(O)CCCCCCCCCCC. The van der Waals surface area contributed by atoms with Crippen LogP contribution in [0.5, 0.6) is 0 Å². The number of hydrogen-bond acceptors (Lipinski definition) is 3. The van der Waals surface area contributed by atoms with Crippen LogP contribution in [0.15, 0.2) is 12.2 Å². The first-order valence-electron chi connectivity index (χ1n) is 24.4.